The molecule has 0 bridgehead atoms. The van der Waals surface area contributed by atoms with Crippen LogP contribution in [-0.4, -0.2) is 24.7 Å². The van der Waals surface area contributed by atoms with Gasteiger partial charge in [-0.05, 0) is 24.6 Å². The number of thioether (sulfide) groups is 1. The zero-order chi connectivity index (χ0) is 13.2. The standard InChI is InChI=1S/C13H19FN2OS/c14-12-5-2-1-4-11(12)10-18-9-8-16-13(17)6-3-7-15/h1-2,4-5H,3,6-10,15H2,(H,16,17). The van der Waals surface area contributed by atoms with Crippen molar-refractivity contribution < 1.29 is 9.18 Å². The Morgan fingerprint density at radius 2 is 2.17 bits per heavy atom. The molecule has 3 nitrogen and oxygen atoms in total. The summed E-state index contributed by atoms with van der Waals surface area (Å²) in [6.45, 7) is 1.15. The number of hydrogen-bond donors (Lipinski definition) is 2. The molecule has 0 saturated heterocycles. The molecule has 0 aliphatic heterocycles. The maximum Gasteiger partial charge on any atom is 0.220 e. The summed E-state index contributed by atoms with van der Waals surface area (Å²) in [6.07, 6.45) is 1.20. The van der Waals surface area contributed by atoms with Crippen molar-refractivity contribution >= 4 is 17.7 Å². The number of halogens is 1. The summed E-state index contributed by atoms with van der Waals surface area (Å²) in [4.78, 5) is 11.3. The molecule has 1 aromatic rings. The number of nitrogens with two attached hydrogens (primary N) is 1. The Kier molecular flexibility index (Phi) is 7.44. The van der Waals surface area contributed by atoms with Crippen LogP contribution in [0.4, 0.5) is 4.39 Å². The van der Waals surface area contributed by atoms with E-state index in [2.05, 4.69) is 5.32 Å². The van der Waals surface area contributed by atoms with Gasteiger partial charge in [-0.15, -0.1) is 0 Å². The third kappa shape index (κ3) is 6.02. The van der Waals surface area contributed by atoms with Crippen LogP contribution >= 0.6 is 11.8 Å². The molecule has 0 aliphatic rings. The molecule has 0 fully saturated rings. The van der Waals surface area contributed by atoms with Crippen LogP contribution < -0.4 is 11.1 Å². The summed E-state index contributed by atoms with van der Waals surface area (Å²) in [5.41, 5.74) is 6.02. The maximum atomic E-state index is 13.3. The lowest BCUT2D eigenvalue weighted by Gasteiger charge is -2.05. The first-order valence-electron chi connectivity index (χ1n) is 6.02. The van der Waals surface area contributed by atoms with Crippen molar-refractivity contribution in [2.24, 2.45) is 5.73 Å². The molecule has 100 valence electrons. The first-order valence-corrected chi connectivity index (χ1v) is 7.17. The minimum atomic E-state index is -0.169. The number of amides is 1. The van der Waals surface area contributed by atoms with Crippen molar-refractivity contribution in [2.45, 2.75) is 18.6 Å². The highest BCUT2D eigenvalue weighted by atomic mass is 32.2. The summed E-state index contributed by atoms with van der Waals surface area (Å²) in [5.74, 6) is 1.28. The van der Waals surface area contributed by atoms with Crippen LogP contribution in [0, 0.1) is 5.82 Å². The van der Waals surface area contributed by atoms with Gasteiger partial charge in [0.2, 0.25) is 5.91 Å². The maximum absolute atomic E-state index is 13.3. The summed E-state index contributed by atoms with van der Waals surface area (Å²) in [5, 5.41) is 2.81. The molecule has 18 heavy (non-hydrogen) atoms. The lowest BCUT2D eigenvalue weighted by molar-refractivity contribution is -0.121. The van der Waals surface area contributed by atoms with Crippen LogP contribution in [0.5, 0.6) is 0 Å². The molecule has 1 aromatic carbocycles. The number of benzene rings is 1. The van der Waals surface area contributed by atoms with E-state index in [1.165, 1.54) is 6.07 Å². The summed E-state index contributed by atoms with van der Waals surface area (Å²) >= 11 is 1.61. The summed E-state index contributed by atoms with van der Waals surface area (Å²) in [7, 11) is 0. The van der Waals surface area contributed by atoms with E-state index in [0.717, 1.165) is 5.75 Å². The van der Waals surface area contributed by atoms with Crippen molar-refractivity contribution in [3.63, 3.8) is 0 Å². The van der Waals surface area contributed by atoms with Crippen LogP contribution in [0.25, 0.3) is 0 Å². The van der Waals surface area contributed by atoms with Crippen LogP contribution in [0.3, 0.4) is 0 Å². The summed E-state index contributed by atoms with van der Waals surface area (Å²) < 4.78 is 13.3. The van der Waals surface area contributed by atoms with E-state index >= 15 is 0 Å². The molecule has 0 radical (unpaired) electrons. The fourth-order valence-corrected chi connectivity index (χ4v) is 2.26. The van der Waals surface area contributed by atoms with Crippen molar-refractivity contribution in [1.82, 2.24) is 5.32 Å². The largest absolute Gasteiger partial charge is 0.355 e. The normalized spacial score (nSPS) is 10.3. The average molecular weight is 270 g/mol. The minimum absolute atomic E-state index is 0.0342. The van der Waals surface area contributed by atoms with E-state index in [4.69, 9.17) is 5.73 Å². The average Bonchev–Trinajstić information content (AvgIpc) is 2.38. The molecule has 0 aliphatic carbocycles. The van der Waals surface area contributed by atoms with Gasteiger partial charge in [-0.1, -0.05) is 18.2 Å². The Morgan fingerprint density at radius 3 is 2.89 bits per heavy atom. The van der Waals surface area contributed by atoms with Gasteiger partial charge in [0.1, 0.15) is 5.82 Å². The number of hydrogen-bond acceptors (Lipinski definition) is 3. The van der Waals surface area contributed by atoms with Gasteiger partial charge in [0, 0.05) is 24.5 Å². The molecule has 0 heterocycles. The molecule has 0 aromatic heterocycles. The Balaban J connectivity index is 2.09. The Hall–Kier alpha value is -1.07. The molecule has 0 atom stereocenters. The van der Waals surface area contributed by atoms with E-state index in [1.54, 1.807) is 23.9 Å². The molecular weight excluding hydrogens is 251 g/mol. The SMILES string of the molecule is NCCCC(=O)NCCSCc1ccccc1F. The van der Waals surface area contributed by atoms with E-state index in [1.807, 2.05) is 6.07 Å². The predicted molar refractivity (Wildman–Crippen MR) is 73.9 cm³/mol. The van der Waals surface area contributed by atoms with Gasteiger partial charge in [-0.2, -0.15) is 11.8 Å². The molecule has 1 rings (SSSR count). The smallest absolute Gasteiger partial charge is 0.220 e. The number of carbonyl (C=O) groups excluding carboxylic acids is 1. The van der Waals surface area contributed by atoms with E-state index in [-0.39, 0.29) is 11.7 Å². The van der Waals surface area contributed by atoms with Gasteiger partial charge in [-0.3, -0.25) is 4.79 Å². The fraction of sp³-hybridized carbons (Fsp3) is 0.462. The Bertz CT molecular complexity index is 374. The second kappa shape index (κ2) is 8.94. The van der Waals surface area contributed by atoms with E-state index in [9.17, 15) is 9.18 Å². The summed E-state index contributed by atoms with van der Waals surface area (Å²) in [6, 6.07) is 6.75. The zero-order valence-corrected chi connectivity index (χ0v) is 11.1. The molecule has 3 N–H and O–H groups in total. The molecule has 0 spiro atoms. The van der Waals surface area contributed by atoms with Gasteiger partial charge in [-0.25, -0.2) is 4.39 Å². The molecule has 0 saturated carbocycles. The number of rotatable bonds is 8. The van der Waals surface area contributed by atoms with Crippen LogP contribution in [0.15, 0.2) is 24.3 Å². The first kappa shape index (κ1) is 15.0. The van der Waals surface area contributed by atoms with Gasteiger partial charge < -0.3 is 11.1 Å². The van der Waals surface area contributed by atoms with Crippen LogP contribution in [0.2, 0.25) is 0 Å². The molecule has 0 unspecified atom stereocenters. The van der Waals surface area contributed by atoms with Gasteiger partial charge in [0.05, 0.1) is 0 Å². The quantitative estimate of drug-likeness (QED) is 0.710. The van der Waals surface area contributed by atoms with Gasteiger partial charge in [0.15, 0.2) is 0 Å². The van der Waals surface area contributed by atoms with E-state index in [0.29, 0.717) is 37.2 Å². The Morgan fingerprint density at radius 1 is 1.39 bits per heavy atom. The Labute approximate surface area is 111 Å². The highest BCUT2D eigenvalue weighted by Crippen LogP contribution is 2.14. The van der Waals surface area contributed by atoms with Crippen molar-refractivity contribution in [3.8, 4) is 0 Å². The molecule has 1 amide bonds. The van der Waals surface area contributed by atoms with Crippen molar-refractivity contribution in [1.29, 1.82) is 0 Å². The third-order valence-corrected chi connectivity index (χ3v) is 3.40. The number of carbonyl (C=O) groups is 1. The van der Waals surface area contributed by atoms with Crippen LogP contribution in [0.1, 0.15) is 18.4 Å². The van der Waals surface area contributed by atoms with Crippen LogP contribution in [-0.2, 0) is 10.5 Å². The zero-order valence-electron chi connectivity index (χ0n) is 10.3. The topological polar surface area (TPSA) is 55.1 Å². The van der Waals surface area contributed by atoms with Gasteiger partial charge in [0.25, 0.3) is 0 Å². The van der Waals surface area contributed by atoms with E-state index < -0.39 is 0 Å². The number of nitrogens with one attached hydrogen (secondary N) is 1. The van der Waals surface area contributed by atoms with Crippen molar-refractivity contribution in [2.75, 3.05) is 18.8 Å². The lowest BCUT2D eigenvalue weighted by atomic mass is 10.2. The predicted octanol–water partition coefficient (Wildman–Crippen LogP) is 1.91. The first-order chi connectivity index (χ1) is 8.74. The molecular formula is C13H19FN2OS. The highest BCUT2D eigenvalue weighted by molar-refractivity contribution is 7.98. The fourth-order valence-electron chi connectivity index (χ4n) is 1.41. The highest BCUT2D eigenvalue weighted by Gasteiger charge is 2.01. The van der Waals surface area contributed by atoms with Crippen molar-refractivity contribution in [3.05, 3.63) is 35.6 Å². The molecule has 5 heteroatoms. The minimum Gasteiger partial charge on any atom is -0.355 e. The second-order valence-corrected chi connectivity index (χ2v) is 4.99. The van der Waals surface area contributed by atoms with Gasteiger partial charge >= 0.3 is 0 Å². The third-order valence-electron chi connectivity index (χ3n) is 2.39. The monoisotopic (exact) mass is 270 g/mol. The second-order valence-electron chi connectivity index (χ2n) is 3.89. The lowest BCUT2D eigenvalue weighted by Crippen LogP contribution is -2.26.